The molecular formula is C23H27N5O2S. The van der Waals surface area contributed by atoms with Crippen molar-refractivity contribution >= 4 is 17.7 Å². The zero-order valence-electron chi connectivity index (χ0n) is 17.9. The van der Waals surface area contributed by atoms with Gasteiger partial charge in [-0.05, 0) is 61.3 Å². The molecule has 1 aromatic carbocycles. The molecule has 1 aliphatic rings. The quantitative estimate of drug-likeness (QED) is 0.412. The summed E-state index contributed by atoms with van der Waals surface area (Å²) < 4.78 is 6.91. The van der Waals surface area contributed by atoms with Crippen molar-refractivity contribution in [3.8, 4) is 0 Å². The van der Waals surface area contributed by atoms with Crippen molar-refractivity contribution in [1.29, 1.82) is 0 Å². The molecule has 2 aromatic heterocycles. The van der Waals surface area contributed by atoms with Crippen LogP contribution in [0.25, 0.3) is 0 Å². The van der Waals surface area contributed by atoms with E-state index in [4.69, 9.17) is 4.74 Å². The van der Waals surface area contributed by atoms with Gasteiger partial charge in [0.05, 0.1) is 12.7 Å². The van der Waals surface area contributed by atoms with Crippen molar-refractivity contribution in [1.82, 2.24) is 24.6 Å². The molecule has 4 rings (SSSR count). The van der Waals surface area contributed by atoms with Gasteiger partial charge in [0.15, 0.2) is 5.16 Å². The monoisotopic (exact) mass is 437 g/mol. The Kier molecular flexibility index (Phi) is 6.99. The summed E-state index contributed by atoms with van der Waals surface area (Å²) in [5.41, 5.74) is 3.03. The van der Waals surface area contributed by atoms with Gasteiger partial charge in [0.25, 0.3) is 0 Å². The minimum absolute atomic E-state index is 0.297. The lowest BCUT2D eigenvalue weighted by Gasteiger charge is -2.31. The highest BCUT2D eigenvalue weighted by Crippen LogP contribution is 2.30. The molecule has 1 saturated heterocycles. The van der Waals surface area contributed by atoms with E-state index in [0.29, 0.717) is 11.5 Å². The van der Waals surface area contributed by atoms with Crippen LogP contribution in [-0.2, 0) is 24.1 Å². The van der Waals surface area contributed by atoms with E-state index in [0.717, 1.165) is 49.2 Å². The van der Waals surface area contributed by atoms with Gasteiger partial charge < -0.3 is 9.30 Å². The Balaban J connectivity index is 1.29. The van der Waals surface area contributed by atoms with Crippen LogP contribution in [0.15, 0.2) is 53.9 Å². The number of carbonyl (C=O) groups is 1. The number of esters is 1. The lowest BCUT2D eigenvalue weighted by molar-refractivity contribution is 0.0600. The van der Waals surface area contributed by atoms with Crippen LogP contribution in [0.5, 0.6) is 0 Å². The van der Waals surface area contributed by atoms with Gasteiger partial charge in [0, 0.05) is 37.7 Å². The smallest absolute Gasteiger partial charge is 0.337 e. The lowest BCUT2D eigenvalue weighted by Crippen LogP contribution is -2.33. The van der Waals surface area contributed by atoms with E-state index >= 15 is 0 Å². The zero-order valence-corrected chi connectivity index (χ0v) is 18.7. The van der Waals surface area contributed by atoms with Gasteiger partial charge in [-0.25, -0.2) is 4.79 Å². The van der Waals surface area contributed by atoms with Crippen molar-refractivity contribution in [3.05, 3.63) is 71.3 Å². The molecule has 0 aliphatic carbocycles. The molecule has 0 unspecified atom stereocenters. The lowest BCUT2D eigenvalue weighted by atomic mass is 9.95. The molecule has 1 aliphatic heterocycles. The van der Waals surface area contributed by atoms with Crippen molar-refractivity contribution in [2.75, 3.05) is 20.2 Å². The van der Waals surface area contributed by atoms with E-state index in [9.17, 15) is 4.79 Å². The van der Waals surface area contributed by atoms with Gasteiger partial charge in [-0.2, -0.15) is 0 Å². The molecular weight excluding hydrogens is 410 g/mol. The maximum Gasteiger partial charge on any atom is 0.337 e. The number of hydrogen-bond donors (Lipinski definition) is 0. The van der Waals surface area contributed by atoms with E-state index in [2.05, 4.69) is 31.7 Å². The Morgan fingerprint density at radius 2 is 1.77 bits per heavy atom. The summed E-state index contributed by atoms with van der Waals surface area (Å²) in [7, 11) is 3.47. The number of piperidine rings is 1. The average molecular weight is 438 g/mol. The number of benzene rings is 1. The molecule has 0 atom stereocenters. The molecule has 31 heavy (non-hydrogen) atoms. The van der Waals surface area contributed by atoms with Crippen LogP contribution in [0.4, 0.5) is 0 Å². The Hall–Kier alpha value is -2.71. The largest absolute Gasteiger partial charge is 0.465 e. The van der Waals surface area contributed by atoms with Gasteiger partial charge in [0.2, 0.25) is 0 Å². The second kappa shape index (κ2) is 10.1. The van der Waals surface area contributed by atoms with Crippen LogP contribution in [-0.4, -0.2) is 50.8 Å². The third-order valence-corrected chi connectivity index (χ3v) is 6.81. The maximum atomic E-state index is 11.6. The first kappa shape index (κ1) is 21.5. The van der Waals surface area contributed by atoms with Crippen molar-refractivity contribution in [2.45, 2.75) is 36.2 Å². The van der Waals surface area contributed by atoms with Crippen LogP contribution in [0.1, 0.15) is 46.1 Å². The summed E-state index contributed by atoms with van der Waals surface area (Å²) in [6.45, 7) is 2.94. The van der Waals surface area contributed by atoms with Gasteiger partial charge in [-0.1, -0.05) is 23.9 Å². The standard InChI is InChI=1S/C23H27N5O2S/c1-27-21(25-26-23(27)31-16-18-7-11-24-12-8-18)19-9-13-28(14-10-19)15-17-3-5-20(6-4-17)22(29)30-2/h3-8,11-12,19H,9-10,13-16H2,1-2H3. The summed E-state index contributed by atoms with van der Waals surface area (Å²) in [5, 5.41) is 9.90. The topological polar surface area (TPSA) is 73.1 Å². The van der Waals surface area contributed by atoms with E-state index in [1.54, 1.807) is 11.8 Å². The van der Waals surface area contributed by atoms with Crippen molar-refractivity contribution < 1.29 is 9.53 Å². The molecule has 0 N–H and O–H groups in total. The highest BCUT2D eigenvalue weighted by atomic mass is 32.2. The second-order valence-electron chi connectivity index (χ2n) is 7.78. The SMILES string of the molecule is COC(=O)c1ccc(CN2CCC(c3nnc(SCc4ccncc4)n3C)CC2)cc1. The molecule has 0 bridgehead atoms. The summed E-state index contributed by atoms with van der Waals surface area (Å²) in [4.78, 5) is 18.1. The number of carbonyl (C=O) groups excluding carboxylic acids is 1. The third kappa shape index (κ3) is 5.32. The first-order valence-electron chi connectivity index (χ1n) is 10.4. The molecule has 1 fully saturated rings. The van der Waals surface area contributed by atoms with Crippen LogP contribution in [0, 0.1) is 0 Å². The molecule has 3 aromatic rings. The van der Waals surface area contributed by atoms with Gasteiger partial charge in [0.1, 0.15) is 5.82 Å². The van der Waals surface area contributed by atoms with Crippen LogP contribution >= 0.6 is 11.8 Å². The number of thioether (sulfide) groups is 1. The number of pyridine rings is 1. The molecule has 7 nitrogen and oxygen atoms in total. The fourth-order valence-corrected chi connectivity index (χ4v) is 4.78. The molecule has 162 valence electrons. The number of hydrogen-bond acceptors (Lipinski definition) is 7. The normalized spacial score (nSPS) is 15.2. The Bertz CT molecular complexity index is 999. The summed E-state index contributed by atoms with van der Waals surface area (Å²) in [5.74, 6) is 2.08. The summed E-state index contributed by atoms with van der Waals surface area (Å²) in [6.07, 6.45) is 5.78. The average Bonchev–Trinajstić information content (AvgIpc) is 3.19. The molecule has 0 spiro atoms. The zero-order chi connectivity index (χ0) is 21.6. The summed E-state index contributed by atoms with van der Waals surface area (Å²) >= 11 is 1.71. The van der Waals surface area contributed by atoms with E-state index < -0.39 is 0 Å². The number of likely N-dealkylation sites (tertiary alicyclic amines) is 1. The predicted octanol–water partition coefficient (Wildman–Crippen LogP) is 3.67. The van der Waals surface area contributed by atoms with Crippen molar-refractivity contribution in [2.24, 2.45) is 7.05 Å². The molecule has 8 heteroatoms. The van der Waals surface area contributed by atoms with Crippen LogP contribution in [0.2, 0.25) is 0 Å². The Morgan fingerprint density at radius 3 is 2.45 bits per heavy atom. The van der Waals surface area contributed by atoms with Gasteiger partial charge in [-0.3, -0.25) is 9.88 Å². The summed E-state index contributed by atoms with van der Waals surface area (Å²) in [6, 6.07) is 11.7. The van der Waals surface area contributed by atoms with Crippen molar-refractivity contribution in [3.63, 3.8) is 0 Å². The molecule has 3 heterocycles. The highest BCUT2D eigenvalue weighted by Gasteiger charge is 2.25. The second-order valence-corrected chi connectivity index (χ2v) is 8.73. The van der Waals surface area contributed by atoms with E-state index in [1.807, 2.05) is 48.8 Å². The Morgan fingerprint density at radius 1 is 1.06 bits per heavy atom. The van der Waals surface area contributed by atoms with Gasteiger partial charge >= 0.3 is 5.97 Å². The first-order valence-corrected chi connectivity index (χ1v) is 11.4. The maximum absolute atomic E-state index is 11.6. The van der Waals surface area contributed by atoms with Crippen LogP contribution in [0.3, 0.4) is 0 Å². The number of methoxy groups -OCH3 is 1. The number of nitrogens with zero attached hydrogens (tertiary/aromatic N) is 5. The molecule has 0 amide bonds. The third-order valence-electron chi connectivity index (χ3n) is 5.72. The first-order chi connectivity index (χ1) is 15.1. The fraction of sp³-hybridized carbons (Fsp3) is 0.391. The fourth-order valence-electron chi connectivity index (χ4n) is 3.91. The number of rotatable bonds is 7. The Labute approximate surface area is 186 Å². The van der Waals surface area contributed by atoms with Crippen LogP contribution < -0.4 is 0 Å². The predicted molar refractivity (Wildman–Crippen MR) is 120 cm³/mol. The minimum Gasteiger partial charge on any atom is -0.465 e. The highest BCUT2D eigenvalue weighted by molar-refractivity contribution is 7.98. The molecule has 0 radical (unpaired) electrons. The molecule has 0 saturated carbocycles. The van der Waals surface area contributed by atoms with E-state index in [-0.39, 0.29) is 5.97 Å². The number of aromatic nitrogens is 4. The minimum atomic E-state index is -0.297. The number of ether oxygens (including phenoxy) is 1. The van der Waals surface area contributed by atoms with E-state index in [1.165, 1.54) is 18.2 Å². The van der Waals surface area contributed by atoms with Gasteiger partial charge in [-0.15, -0.1) is 10.2 Å².